The van der Waals surface area contributed by atoms with Crippen molar-refractivity contribution in [3.05, 3.63) is 41.8 Å². The number of sulfonamides is 1. The summed E-state index contributed by atoms with van der Waals surface area (Å²) in [6.07, 6.45) is 2.43. The van der Waals surface area contributed by atoms with Crippen LogP contribution in [0.1, 0.15) is 11.1 Å². The Morgan fingerprint density at radius 1 is 1.44 bits per heavy atom. The summed E-state index contributed by atoms with van der Waals surface area (Å²) in [5.41, 5.74) is 1.07. The summed E-state index contributed by atoms with van der Waals surface area (Å²) in [6, 6.07) is 6.37. The largest absolute Gasteiger partial charge is 0.362 e. The number of hydrogen-bond acceptors (Lipinski definition) is 5. The number of hydrogen-bond donors (Lipinski definition) is 1. The third-order valence-corrected chi connectivity index (χ3v) is 3.81. The summed E-state index contributed by atoms with van der Waals surface area (Å²) in [5.74, 6) is 0. The molecule has 0 bridgehead atoms. The number of rotatable bonds is 3. The minimum Gasteiger partial charge on any atom is -0.362 e. The van der Waals surface area contributed by atoms with E-state index in [1.165, 1.54) is 18.5 Å². The number of aromatic nitrogens is 1. The number of benzene rings is 1. The van der Waals surface area contributed by atoms with Crippen LogP contribution in [0, 0.1) is 18.3 Å². The maximum Gasteiger partial charge on any atom is 0.262 e. The highest BCUT2D eigenvalue weighted by Crippen LogP contribution is 2.20. The van der Waals surface area contributed by atoms with Crippen molar-refractivity contribution < 1.29 is 12.9 Å². The fourth-order valence-corrected chi connectivity index (χ4v) is 2.72. The zero-order valence-electron chi connectivity index (χ0n) is 9.41. The van der Waals surface area contributed by atoms with Gasteiger partial charge in [-0.3, -0.25) is 4.72 Å². The van der Waals surface area contributed by atoms with Crippen molar-refractivity contribution in [3.63, 3.8) is 0 Å². The van der Waals surface area contributed by atoms with Crippen LogP contribution >= 0.6 is 0 Å². The van der Waals surface area contributed by atoms with Gasteiger partial charge in [0.25, 0.3) is 10.0 Å². The van der Waals surface area contributed by atoms with Crippen molar-refractivity contribution in [2.24, 2.45) is 0 Å². The Balaban J connectivity index is 2.44. The van der Waals surface area contributed by atoms with Crippen LogP contribution in [0.3, 0.4) is 0 Å². The number of nitrogens with one attached hydrogen (secondary N) is 1. The minimum atomic E-state index is -3.75. The van der Waals surface area contributed by atoms with Crippen LogP contribution in [0.15, 0.2) is 40.1 Å². The fraction of sp³-hybridized carbons (Fsp3) is 0.0909. The summed E-state index contributed by atoms with van der Waals surface area (Å²) >= 11 is 0. The molecule has 0 spiro atoms. The maximum atomic E-state index is 12.1. The molecular formula is C11H9N3O3S. The van der Waals surface area contributed by atoms with Gasteiger partial charge in [-0.1, -0.05) is 11.2 Å². The van der Waals surface area contributed by atoms with Crippen molar-refractivity contribution in [1.29, 1.82) is 5.26 Å². The van der Waals surface area contributed by atoms with Gasteiger partial charge in [0, 0.05) is 0 Å². The number of anilines is 1. The summed E-state index contributed by atoms with van der Waals surface area (Å²) in [4.78, 5) is 0.0581. The molecule has 0 amide bonds. The highest BCUT2D eigenvalue weighted by molar-refractivity contribution is 7.92. The normalized spacial score (nSPS) is 10.9. The molecule has 1 N–H and O–H groups in total. The van der Waals surface area contributed by atoms with Crippen molar-refractivity contribution in [2.75, 3.05) is 4.72 Å². The van der Waals surface area contributed by atoms with E-state index in [1.54, 1.807) is 19.1 Å². The molecule has 18 heavy (non-hydrogen) atoms. The van der Waals surface area contributed by atoms with E-state index in [0.29, 0.717) is 5.56 Å². The Hall–Kier alpha value is -2.33. The fourth-order valence-electron chi connectivity index (χ4n) is 1.42. The van der Waals surface area contributed by atoms with Crippen LogP contribution in [0.5, 0.6) is 0 Å². The van der Waals surface area contributed by atoms with E-state index in [0.717, 1.165) is 0 Å². The maximum absolute atomic E-state index is 12.1. The molecule has 1 aromatic heterocycles. The highest BCUT2D eigenvalue weighted by atomic mass is 32.2. The zero-order valence-corrected chi connectivity index (χ0v) is 10.2. The Morgan fingerprint density at radius 3 is 2.83 bits per heavy atom. The lowest BCUT2D eigenvalue weighted by Crippen LogP contribution is -2.14. The summed E-state index contributed by atoms with van der Waals surface area (Å²) in [7, 11) is -3.75. The monoisotopic (exact) mass is 263 g/mol. The Bertz CT molecular complexity index is 700. The molecular weight excluding hydrogens is 254 g/mol. The van der Waals surface area contributed by atoms with Crippen LogP contribution in [0.25, 0.3) is 0 Å². The predicted molar refractivity (Wildman–Crippen MR) is 63.2 cm³/mol. The van der Waals surface area contributed by atoms with Gasteiger partial charge in [-0.25, -0.2) is 8.42 Å². The van der Waals surface area contributed by atoms with Crippen LogP contribution in [-0.2, 0) is 10.0 Å². The second kappa shape index (κ2) is 4.50. The van der Waals surface area contributed by atoms with Gasteiger partial charge < -0.3 is 4.52 Å². The first-order valence-corrected chi connectivity index (χ1v) is 6.44. The van der Waals surface area contributed by atoms with Crippen molar-refractivity contribution in [2.45, 2.75) is 11.8 Å². The Kier molecular flexibility index (Phi) is 3.04. The zero-order chi connectivity index (χ0) is 13.2. The van der Waals surface area contributed by atoms with Crippen molar-refractivity contribution in [1.82, 2.24) is 5.16 Å². The van der Waals surface area contributed by atoms with Gasteiger partial charge in [0.1, 0.15) is 12.0 Å². The van der Waals surface area contributed by atoms with E-state index >= 15 is 0 Å². The van der Waals surface area contributed by atoms with Gasteiger partial charge in [-0.2, -0.15) is 5.26 Å². The lowest BCUT2D eigenvalue weighted by atomic mass is 10.2. The quantitative estimate of drug-likeness (QED) is 0.908. The number of nitrogens with zero attached hydrogens (tertiary/aromatic N) is 2. The first-order valence-electron chi connectivity index (χ1n) is 4.96. The molecule has 2 aromatic rings. The molecule has 0 unspecified atom stereocenters. The molecule has 6 nitrogen and oxygen atoms in total. The second-order valence-corrected chi connectivity index (χ2v) is 5.26. The Morgan fingerprint density at radius 2 is 2.22 bits per heavy atom. The molecule has 0 radical (unpaired) electrons. The third kappa shape index (κ3) is 2.33. The van der Waals surface area contributed by atoms with Crippen molar-refractivity contribution >= 4 is 15.7 Å². The first kappa shape index (κ1) is 12.1. The van der Waals surface area contributed by atoms with Gasteiger partial charge in [0.2, 0.25) is 0 Å². The van der Waals surface area contributed by atoms with Gasteiger partial charge in [0.05, 0.1) is 22.7 Å². The molecule has 0 aliphatic carbocycles. The van der Waals surface area contributed by atoms with E-state index < -0.39 is 10.0 Å². The molecule has 0 aliphatic rings. The smallest absolute Gasteiger partial charge is 0.262 e. The molecule has 1 heterocycles. The van der Waals surface area contributed by atoms with Gasteiger partial charge in [-0.15, -0.1) is 0 Å². The summed E-state index contributed by atoms with van der Waals surface area (Å²) < 4.78 is 31.1. The molecule has 1 aromatic carbocycles. The van der Waals surface area contributed by atoms with Crippen LogP contribution in [0.4, 0.5) is 5.69 Å². The van der Waals surface area contributed by atoms with E-state index in [-0.39, 0.29) is 16.1 Å². The van der Waals surface area contributed by atoms with Gasteiger partial charge in [0.15, 0.2) is 0 Å². The highest BCUT2D eigenvalue weighted by Gasteiger charge is 2.18. The SMILES string of the molecule is Cc1ccc(C#N)cc1S(=O)(=O)Nc1cnoc1. The second-order valence-electron chi connectivity index (χ2n) is 3.61. The van der Waals surface area contributed by atoms with Gasteiger partial charge >= 0.3 is 0 Å². The molecule has 0 fully saturated rings. The number of nitriles is 1. The standard InChI is InChI=1S/C11H9N3O3S/c1-8-2-3-9(5-12)4-11(8)18(15,16)14-10-6-13-17-7-10/h2-4,6-7,14H,1H3. The molecule has 0 saturated heterocycles. The molecule has 0 aliphatic heterocycles. The minimum absolute atomic E-state index is 0.0581. The predicted octanol–water partition coefficient (Wildman–Crippen LogP) is 1.66. The van der Waals surface area contributed by atoms with E-state index in [2.05, 4.69) is 14.4 Å². The molecule has 0 saturated carbocycles. The van der Waals surface area contributed by atoms with E-state index in [1.807, 2.05) is 6.07 Å². The van der Waals surface area contributed by atoms with Gasteiger partial charge in [-0.05, 0) is 24.6 Å². The van der Waals surface area contributed by atoms with E-state index in [4.69, 9.17) is 5.26 Å². The lowest BCUT2D eigenvalue weighted by molar-refractivity contribution is 0.420. The van der Waals surface area contributed by atoms with Crippen molar-refractivity contribution in [3.8, 4) is 6.07 Å². The molecule has 7 heteroatoms. The van der Waals surface area contributed by atoms with Crippen LogP contribution < -0.4 is 4.72 Å². The van der Waals surface area contributed by atoms with E-state index in [9.17, 15) is 8.42 Å². The molecule has 0 atom stereocenters. The first-order chi connectivity index (χ1) is 8.53. The average molecular weight is 263 g/mol. The number of aryl methyl sites for hydroxylation is 1. The molecule has 2 rings (SSSR count). The third-order valence-electron chi connectivity index (χ3n) is 2.29. The molecule has 92 valence electrons. The lowest BCUT2D eigenvalue weighted by Gasteiger charge is -2.08. The average Bonchev–Trinajstić information content (AvgIpc) is 2.81. The Labute approximate surface area is 104 Å². The topological polar surface area (TPSA) is 96.0 Å². The summed E-state index contributed by atoms with van der Waals surface area (Å²) in [6.45, 7) is 1.66. The van der Waals surface area contributed by atoms with Crippen LogP contribution in [0.2, 0.25) is 0 Å². The van der Waals surface area contributed by atoms with Crippen LogP contribution in [-0.4, -0.2) is 13.6 Å². The summed E-state index contributed by atoms with van der Waals surface area (Å²) in [5, 5.41) is 12.2.